The Labute approximate surface area is 143 Å². The van der Waals surface area contributed by atoms with Gasteiger partial charge in [0.15, 0.2) is 0 Å². The van der Waals surface area contributed by atoms with E-state index in [9.17, 15) is 8.42 Å². The van der Waals surface area contributed by atoms with Crippen LogP contribution in [0.15, 0.2) is 46.1 Å². The monoisotopic (exact) mass is 366 g/mol. The van der Waals surface area contributed by atoms with Crippen LogP contribution in [0.3, 0.4) is 0 Å². The topological polar surface area (TPSA) is 62.0 Å². The molecule has 4 nitrogen and oxygen atoms in total. The number of aromatic amines is 1. The fraction of sp³-hybridized carbons (Fsp3) is 0.250. The molecule has 0 radical (unpaired) electrons. The first-order valence-corrected chi connectivity index (χ1v) is 10.0. The Balaban J connectivity index is 1.62. The Hall–Kier alpha value is -1.34. The van der Waals surface area contributed by atoms with Gasteiger partial charge in [-0.3, -0.25) is 0 Å². The number of halogens is 1. The van der Waals surface area contributed by atoms with Gasteiger partial charge in [-0.15, -0.1) is 11.3 Å². The van der Waals surface area contributed by atoms with Crippen LogP contribution in [-0.2, 0) is 15.4 Å². The quantitative estimate of drug-likeness (QED) is 0.719. The lowest BCUT2D eigenvalue weighted by Crippen LogP contribution is -2.31. The van der Waals surface area contributed by atoms with E-state index in [1.165, 1.54) is 11.3 Å². The lowest BCUT2D eigenvalue weighted by Gasteiger charge is -2.15. The van der Waals surface area contributed by atoms with Crippen molar-refractivity contribution in [3.05, 3.63) is 52.5 Å². The molecule has 0 amide bonds. The van der Waals surface area contributed by atoms with Gasteiger partial charge in [-0.2, -0.15) is 0 Å². The highest BCUT2D eigenvalue weighted by atomic mass is 35.5. The molecule has 3 aromatic rings. The highest BCUT2D eigenvalue weighted by Crippen LogP contribution is 2.50. The molecule has 1 aromatic carbocycles. The maximum atomic E-state index is 12.3. The number of aromatic nitrogens is 1. The van der Waals surface area contributed by atoms with Gasteiger partial charge >= 0.3 is 0 Å². The van der Waals surface area contributed by atoms with Crippen molar-refractivity contribution in [2.24, 2.45) is 0 Å². The Morgan fingerprint density at radius 2 is 2.13 bits per heavy atom. The summed E-state index contributed by atoms with van der Waals surface area (Å²) in [6.45, 7) is 0.409. The predicted octanol–water partition coefficient (Wildman–Crippen LogP) is 3.89. The third-order valence-electron chi connectivity index (χ3n) is 4.43. The molecule has 0 atom stereocenters. The second kappa shape index (κ2) is 5.34. The first-order chi connectivity index (χ1) is 11.0. The summed E-state index contributed by atoms with van der Waals surface area (Å²) in [4.78, 5) is 3.25. The molecule has 23 heavy (non-hydrogen) atoms. The van der Waals surface area contributed by atoms with Crippen LogP contribution in [0, 0.1) is 0 Å². The van der Waals surface area contributed by atoms with Crippen molar-refractivity contribution in [3.63, 3.8) is 0 Å². The molecule has 1 saturated carbocycles. The third kappa shape index (κ3) is 2.70. The van der Waals surface area contributed by atoms with Gasteiger partial charge in [0, 0.05) is 34.1 Å². The second-order valence-corrected chi connectivity index (χ2v) is 9.31. The molecular formula is C16H15ClN2O2S2. The number of sulfonamides is 1. The van der Waals surface area contributed by atoms with E-state index >= 15 is 0 Å². The maximum absolute atomic E-state index is 12.3. The number of benzene rings is 1. The Kier molecular flexibility index (Phi) is 3.53. The van der Waals surface area contributed by atoms with Crippen LogP contribution in [0.2, 0.25) is 5.02 Å². The largest absolute Gasteiger partial charge is 0.361 e. The van der Waals surface area contributed by atoms with Crippen molar-refractivity contribution in [3.8, 4) is 0 Å². The molecule has 0 spiro atoms. The third-order valence-corrected chi connectivity index (χ3v) is 7.46. The predicted molar refractivity (Wildman–Crippen MR) is 93.7 cm³/mol. The van der Waals surface area contributed by atoms with E-state index in [0.717, 1.165) is 29.3 Å². The summed E-state index contributed by atoms with van der Waals surface area (Å²) >= 11 is 7.34. The van der Waals surface area contributed by atoms with E-state index in [1.807, 2.05) is 24.4 Å². The SMILES string of the molecule is O=S(=O)(NCC1(c2c[nH]c3ccc(Cl)cc23)CC1)c1cccs1. The van der Waals surface area contributed by atoms with E-state index in [2.05, 4.69) is 9.71 Å². The van der Waals surface area contributed by atoms with E-state index in [-0.39, 0.29) is 5.41 Å². The van der Waals surface area contributed by atoms with E-state index in [4.69, 9.17) is 11.6 Å². The number of hydrogen-bond acceptors (Lipinski definition) is 3. The van der Waals surface area contributed by atoms with Crippen LogP contribution >= 0.6 is 22.9 Å². The van der Waals surface area contributed by atoms with Gasteiger partial charge in [0.1, 0.15) is 4.21 Å². The van der Waals surface area contributed by atoms with E-state index in [1.54, 1.807) is 17.5 Å². The van der Waals surface area contributed by atoms with Gasteiger partial charge in [0.25, 0.3) is 0 Å². The summed E-state index contributed by atoms with van der Waals surface area (Å²) in [6, 6.07) is 9.11. The molecule has 1 fully saturated rings. The van der Waals surface area contributed by atoms with Crippen LogP contribution < -0.4 is 4.72 Å². The van der Waals surface area contributed by atoms with Crippen molar-refractivity contribution < 1.29 is 8.42 Å². The second-order valence-electron chi connectivity index (χ2n) is 5.93. The summed E-state index contributed by atoms with van der Waals surface area (Å²) < 4.78 is 27.8. The number of H-pyrrole nitrogens is 1. The van der Waals surface area contributed by atoms with Gasteiger partial charge in [-0.05, 0) is 48.1 Å². The zero-order chi connectivity index (χ0) is 16.1. The van der Waals surface area contributed by atoms with Crippen molar-refractivity contribution in [2.45, 2.75) is 22.5 Å². The van der Waals surface area contributed by atoms with Crippen molar-refractivity contribution in [1.82, 2.24) is 9.71 Å². The standard InChI is InChI=1S/C16H15ClN2O2S2/c17-11-3-4-14-12(8-11)13(9-18-14)16(5-6-16)10-19-23(20,21)15-2-1-7-22-15/h1-4,7-9,18-19H,5-6,10H2. The van der Waals surface area contributed by atoms with Gasteiger partial charge < -0.3 is 4.98 Å². The number of thiophene rings is 1. The molecule has 0 aliphatic heterocycles. The lowest BCUT2D eigenvalue weighted by atomic mass is 9.96. The van der Waals surface area contributed by atoms with Crippen LogP contribution in [0.1, 0.15) is 18.4 Å². The molecule has 1 aliphatic carbocycles. The Morgan fingerprint density at radius 3 is 2.83 bits per heavy atom. The molecular weight excluding hydrogens is 352 g/mol. The Bertz CT molecular complexity index is 957. The summed E-state index contributed by atoms with van der Waals surface area (Å²) in [5, 5.41) is 3.53. The highest BCUT2D eigenvalue weighted by Gasteiger charge is 2.46. The van der Waals surface area contributed by atoms with Crippen LogP contribution in [-0.4, -0.2) is 19.9 Å². The average Bonchev–Trinajstić information content (AvgIpc) is 2.95. The van der Waals surface area contributed by atoms with E-state index in [0.29, 0.717) is 15.8 Å². The maximum Gasteiger partial charge on any atom is 0.250 e. The fourth-order valence-electron chi connectivity index (χ4n) is 2.94. The summed E-state index contributed by atoms with van der Waals surface area (Å²) in [6.07, 6.45) is 3.92. The van der Waals surface area contributed by atoms with Crippen molar-refractivity contribution in [2.75, 3.05) is 6.54 Å². The Morgan fingerprint density at radius 1 is 1.30 bits per heavy atom. The van der Waals surface area contributed by atoms with Gasteiger partial charge in [0.2, 0.25) is 10.0 Å². The molecule has 0 unspecified atom stereocenters. The van der Waals surface area contributed by atoms with Crippen LogP contribution in [0.4, 0.5) is 0 Å². The van der Waals surface area contributed by atoms with Crippen LogP contribution in [0.5, 0.6) is 0 Å². The molecule has 4 rings (SSSR count). The average molecular weight is 367 g/mol. The summed E-state index contributed by atoms with van der Waals surface area (Å²) in [5.41, 5.74) is 2.04. The van der Waals surface area contributed by atoms with Crippen molar-refractivity contribution >= 4 is 43.9 Å². The zero-order valence-electron chi connectivity index (χ0n) is 12.2. The van der Waals surface area contributed by atoms with Gasteiger partial charge in [-0.25, -0.2) is 13.1 Å². The molecule has 2 heterocycles. The minimum atomic E-state index is -3.43. The molecule has 7 heteroatoms. The molecule has 2 N–H and O–H groups in total. The molecule has 0 saturated heterocycles. The number of hydrogen-bond donors (Lipinski definition) is 2. The lowest BCUT2D eigenvalue weighted by molar-refractivity contribution is 0.569. The van der Waals surface area contributed by atoms with E-state index < -0.39 is 10.0 Å². The van der Waals surface area contributed by atoms with Crippen LogP contribution in [0.25, 0.3) is 10.9 Å². The smallest absolute Gasteiger partial charge is 0.250 e. The first-order valence-electron chi connectivity index (χ1n) is 7.31. The minimum Gasteiger partial charge on any atom is -0.361 e. The van der Waals surface area contributed by atoms with Gasteiger partial charge in [0.05, 0.1) is 0 Å². The number of nitrogens with one attached hydrogen (secondary N) is 2. The van der Waals surface area contributed by atoms with Crippen molar-refractivity contribution in [1.29, 1.82) is 0 Å². The molecule has 120 valence electrons. The zero-order valence-corrected chi connectivity index (χ0v) is 14.6. The number of rotatable bonds is 5. The summed E-state index contributed by atoms with van der Waals surface area (Å²) in [5.74, 6) is 0. The summed E-state index contributed by atoms with van der Waals surface area (Å²) in [7, 11) is -3.43. The molecule has 2 aromatic heterocycles. The minimum absolute atomic E-state index is 0.132. The molecule has 1 aliphatic rings. The highest BCUT2D eigenvalue weighted by molar-refractivity contribution is 7.91. The first kappa shape index (κ1) is 15.2. The van der Waals surface area contributed by atoms with Gasteiger partial charge in [-0.1, -0.05) is 17.7 Å². The normalized spacial score (nSPS) is 16.7. The fourth-order valence-corrected chi connectivity index (χ4v) is 5.28. The number of fused-ring (bicyclic) bond motifs is 1. The molecule has 0 bridgehead atoms.